The monoisotopic (exact) mass is 353 g/mol. The predicted octanol–water partition coefficient (Wildman–Crippen LogP) is 1.99. The van der Waals surface area contributed by atoms with Gasteiger partial charge in [0.25, 0.3) is 5.69 Å². The van der Waals surface area contributed by atoms with Crippen molar-refractivity contribution in [2.45, 2.75) is 0 Å². The Morgan fingerprint density at radius 1 is 1.62 bits per heavy atom. The van der Waals surface area contributed by atoms with Crippen molar-refractivity contribution in [3.05, 3.63) is 44.6 Å². The smallest absolute Gasteiger partial charge is 0.286 e. The number of benzene rings is 1. The van der Waals surface area contributed by atoms with Gasteiger partial charge in [0.1, 0.15) is 11.6 Å². The van der Waals surface area contributed by atoms with Gasteiger partial charge in [0, 0.05) is 6.20 Å². The summed E-state index contributed by atoms with van der Waals surface area (Å²) in [4.78, 5) is 9.94. The summed E-state index contributed by atoms with van der Waals surface area (Å²) in [5.74, 6) is -0.807. The van der Waals surface area contributed by atoms with Gasteiger partial charge in [-0.2, -0.15) is 10.5 Å². The molecule has 2 aromatic rings. The van der Waals surface area contributed by atoms with Gasteiger partial charge in [-0.25, -0.2) is 4.39 Å². The van der Waals surface area contributed by atoms with Crippen molar-refractivity contribution in [3.8, 4) is 6.07 Å². The second-order valence-corrected chi connectivity index (χ2v) is 4.44. The third-order valence-corrected chi connectivity index (χ3v) is 2.95. The molecule has 0 atom stereocenters. The molecule has 1 aromatic heterocycles. The van der Waals surface area contributed by atoms with Gasteiger partial charge in [0.05, 0.1) is 21.1 Å². The van der Waals surface area contributed by atoms with Gasteiger partial charge in [-0.1, -0.05) is 0 Å². The van der Waals surface area contributed by atoms with E-state index in [1.165, 1.54) is 12.3 Å². The molecule has 0 saturated carbocycles. The van der Waals surface area contributed by atoms with Gasteiger partial charge in [-0.15, -0.1) is 10.2 Å². The van der Waals surface area contributed by atoms with E-state index in [-0.39, 0.29) is 21.6 Å². The normalized spacial score (nSPS) is 11.0. The maximum Gasteiger partial charge on any atom is 0.286 e. The molecule has 0 unspecified atom stereocenters. The molecule has 0 aliphatic rings. The predicted molar refractivity (Wildman–Crippen MR) is 72.1 cm³/mol. The summed E-state index contributed by atoms with van der Waals surface area (Å²) in [6.07, 6.45) is 1.17. The lowest BCUT2D eigenvalue weighted by Crippen LogP contribution is -1.98. The molecule has 0 fully saturated rings. The number of nitro groups is 1. The molecule has 1 aromatic carbocycles. The SMILES string of the molecule is N#CC(=CNc1cc(Br)c([N+](=O)[O-])cc1F)c1nn[nH]n1. The Kier molecular flexibility index (Phi) is 4.19. The summed E-state index contributed by atoms with van der Waals surface area (Å²) in [6.45, 7) is 0. The molecule has 0 saturated heterocycles. The first-order valence-corrected chi connectivity index (χ1v) is 6.06. The molecule has 2 rings (SSSR count). The quantitative estimate of drug-likeness (QED) is 0.487. The van der Waals surface area contributed by atoms with Gasteiger partial charge in [0.15, 0.2) is 5.82 Å². The summed E-state index contributed by atoms with van der Waals surface area (Å²) in [6, 6.07) is 3.76. The zero-order valence-electron chi connectivity index (χ0n) is 10.0. The molecule has 21 heavy (non-hydrogen) atoms. The fraction of sp³-hybridized carbons (Fsp3) is 0. The number of hydrogen-bond acceptors (Lipinski definition) is 7. The maximum absolute atomic E-state index is 13.7. The molecule has 0 bridgehead atoms. The Balaban J connectivity index is 2.30. The molecular weight excluding hydrogens is 349 g/mol. The van der Waals surface area contributed by atoms with E-state index in [4.69, 9.17) is 5.26 Å². The highest BCUT2D eigenvalue weighted by Gasteiger charge is 2.16. The van der Waals surface area contributed by atoms with Crippen molar-refractivity contribution >= 4 is 32.9 Å². The van der Waals surface area contributed by atoms with Gasteiger partial charge in [-0.3, -0.25) is 10.1 Å². The molecular formula is C10H5BrFN7O2. The topological polar surface area (TPSA) is 133 Å². The average molecular weight is 354 g/mol. The fourth-order valence-electron chi connectivity index (χ4n) is 1.36. The van der Waals surface area contributed by atoms with E-state index >= 15 is 0 Å². The second kappa shape index (κ2) is 6.06. The van der Waals surface area contributed by atoms with E-state index in [0.717, 1.165) is 6.07 Å². The van der Waals surface area contributed by atoms with Crippen LogP contribution in [0.5, 0.6) is 0 Å². The lowest BCUT2D eigenvalue weighted by atomic mass is 10.2. The number of halogens is 2. The van der Waals surface area contributed by atoms with Gasteiger partial charge in [-0.05, 0) is 27.2 Å². The van der Waals surface area contributed by atoms with E-state index < -0.39 is 16.4 Å². The molecule has 0 amide bonds. The summed E-state index contributed by atoms with van der Waals surface area (Å²) in [5, 5.41) is 34.8. The molecule has 9 nitrogen and oxygen atoms in total. The van der Waals surface area contributed by atoms with Crippen molar-refractivity contribution < 1.29 is 9.31 Å². The number of rotatable bonds is 4. The number of tetrazole rings is 1. The van der Waals surface area contributed by atoms with Crippen LogP contribution in [0.15, 0.2) is 22.8 Å². The summed E-state index contributed by atoms with van der Waals surface area (Å²) < 4.78 is 13.8. The van der Waals surface area contributed by atoms with Crippen molar-refractivity contribution in [1.82, 2.24) is 20.6 Å². The molecule has 2 N–H and O–H groups in total. The van der Waals surface area contributed by atoms with E-state index in [1.54, 1.807) is 0 Å². The molecule has 11 heteroatoms. The molecule has 0 aliphatic heterocycles. The lowest BCUT2D eigenvalue weighted by Gasteiger charge is -2.04. The number of nitrogens with one attached hydrogen (secondary N) is 2. The molecule has 1 heterocycles. The van der Waals surface area contributed by atoms with Crippen LogP contribution in [0, 0.1) is 27.3 Å². The number of nitrogens with zero attached hydrogens (tertiary/aromatic N) is 5. The van der Waals surface area contributed by atoms with Gasteiger partial charge < -0.3 is 5.32 Å². The van der Waals surface area contributed by atoms with Crippen molar-refractivity contribution in [3.63, 3.8) is 0 Å². The van der Waals surface area contributed by atoms with Crippen LogP contribution >= 0.6 is 15.9 Å². The molecule has 0 radical (unpaired) electrons. The van der Waals surface area contributed by atoms with Crippen LogP contribution in [0.3, 0.4) is 0 Å². The Morgan fingerprint density at radius 2 is 2.38 bits per heavy atom. The second-order valence-electron chi connectivity index (χ2n) is 3.59. The van der Waals surface area contributed by atoms with Crippen LogP contribution < -0.4 is 5.32 Å². The number of anilines is 1. The third kappa shape index (κ3) is 3.18. The Morgan fingerprint density at radius 3 is 2.95 bits per heavy atom. The molecule has 0 spiro atoms. The zero-order chi connectivity index (χ0) is 15.4. The highest BCUT2D eigenvalue weighted by molar-refractivity contribution is 9.10. The highest BCUT2D eigenvalue weighted by Crippen LogP contribution is 2.30. The maximum atomic E-state index is 13.7. The number of allylic oxidation sites excluding steroid dienone is 1. The van der Waals surface area contributed by atoms with E-state index in [2.05, 4.69) is 41.9 Å². The Bertz CT molecular complexity index is 754. The minimum absolute atomic E-state index is 0.0117. The third-order valence-electron chi connectivity index (χ3n) is 2.31. The Labute approximate surface area is 124 Å². The summed E-state index contributed by atoms with van der Waals surface area (Å²) in [7, 11) is 0. The van der Waals surface area contributed by atoms with Gasteiger partial charge in [0.2, 0.25) is 5.82 Å². The average Bonchev–Trinajstić information content (AvgIpc) is 2.96. The standard InChI is InChI=1S/C10H5BrFN7O2/c11-6-1-8(7(12)2-9(6)19(20)21)14-4-5(3-13)10-15-17-18-16-10/h1-2,4,14H,(H,15,16,17,18). The van der Waals surface area contributed by atoms with Crippen molar-refractivity contribution in [2.75, 3.05) is 5.32 Å². The molecule has 0 aliphatic carbocycles. The van der Waals surface area contributed by atoms with E-state index in [1.807, 2.05) is 6.07 Å². The Hall–Kier alpha value is -2.87. The summed E-state index contributed by atoms with van der Waals surface area (Å²) >= 11 is 2.97. The van der Waals surface area contributed by atoms with Crippen LogP contribution in [-0.2, 0) is 0 Å². The number of hydrogen-bond donors (Lipinski definition) is 2. The minimum atomic E-state index is -0.841. The first kappa shape index (κ1) is 14.5. The van der Waals surface area contributed by atoms with Crippen LogP contribution in [0.2, 0.25) is 0 Å². The number of nitro benzene ring substituents is 1. The lowest BCUT2D eigenvalue weighted by molar-refractivity contribution is -0.385. The number of H-pyrrole nitrogens is 1. The largest absolute Gasteiger partial charge is 0.358 e. The van der Waals surface area contributed by atoms with E-state index in [9.17, 15) is 14.5 Å². The van der Waals surface area contributed by atoms with Crippen LogP contribution in [0.25, 0.3) is 5.57 Å². The van der Waals surface area contributed by atoms with Crippen LogP contribution in [0.4, 0.5) is 15.8 Å². The minimum Gasteiger partial charge on any atom is -0.358 e. The first-order chi connectivity index (χ1) is 10.0. The molecule has 106 valence electrons. The highest BCUT2D eigenvalue weighted by atomic mass is 79.9. The fourth-order valence-corrected chi connectivity index (χ4v) is 1.85. The van der Waals surface area contributed by atoms with Crippen LogP contribution in [-0.4, -0.2) is 25.5 Å². The zero-order valence-corrected chi connectivity index (χ0v) is 11.6. The number of aromatic amines is 1. The number of nitriles is 1. The summed E-state index contributed by atoms with van der Waals surface area (Å²) in [5.41, 5.74) is -0.443. The van der Waals surface area contributed by atoms with Crippen molar-refractivity contribution in [1.29, 1.82) is 5.26 Å². The van der Waals surface area contributed by atoms with Gasteiger partial charge >= 0.3 is 0 Å². The van der Waals surface area contributed by atoms with Crippen LogP contribution in [0.1, 0.15) is 5.82 Å². The van der Waals surface area contributed by atoms with E-state index in [0.29, 0.717) is 0 Å². The van der Waals surface area contributed by atoms with Crippen molar-refractivity contribution in [2.24, 2.45) is 0 Å². The first-order valence-electron chi connectivity index (χ1n) is 5.27. The number of aromatic nitrogens is 4.